The van der Waals surface area contributed by atoms with Gasteiger partial charge in [-0.05, 0) is 105 Å². The van der Waals surface area contributed by atoms with Crippen molar-refractivity contribution in [3.05, 3.63) is 104 Å². The molecular formula is C51H57BrN4O4S2Si. The second-order valence-electron chi connectivity index (χ2n) is 18.7. The maximum absolute atomic E-state index is 12.7. The van der Waals surface area contributed by atoms with Crippen LogP contribution in [0.1, 0.15) is 94.2 Å². The lowest BCUT2D eigenvalue weighted by Gasteiger charge is -2.27. The maximum atomic E-state index is 12.7. The fourth-order valence-corrected chi connectivity index (χ4v) is 10.2. The van der Waals surface area contributed by atoms with Crippen molar-refractivity contribution >= 4 is 80.4 Å². The molecule has 0 N–H and O–H groups in total. The molecule has 2 aromatic heterocycles. The minimum Gasteiger partial charge on any atom is -0.444 e. The van der Waals surface area contributed by atoms with E-state index < -0.39 is 19.3 Å². The molecule has 8 rings (SSSR count). The largest absolute Gasteiger partial charge is 0.444 e. The zero-order chi connectivity index (χ0) is 45.7. The van der Waals surface area contributed by atoms with E-state index in [4.69, 9.17) is 32.3 Å². The van der Waals surface area contributed by atoms with Crippen LogP contribution in [0.4, 0.5) is 9.59 Å². The van der Waals surface area contributed by atoms with Crippen molar-refractivity contribution in [1.82, 2.24) is 19.8 Å². The second-order valence-corrected chi connectivity index (χ2v) is 26.8. The van der Waals surface area contributed by atoms with Crippen LogP contribution in [0.2, 0.25) is 19.6 Å². The lowest BCUT2D eigenvalue weighted by atomic mass is 10.0. The molecule has 0 bridgehead atoms. The van der Waals surface area contributed by atoms with Crippen molar-refractivity contribution in [2.45, 2.75) is 110 Å². The van der Waals surface area contributed by atoms with Crippen molar-refractivity contribution in [2.24, 2.45) is 0 Å². The molecular weight excluding hydrogens is 905 g/mol. The highest BCUT2D eigenvalue weighted by molar-refractivity contribution is 9.11. The summed E-state index contributed by atoms with van der Waals surface area (Å²) < 4.78 is 12.2. The lowest BCUT2D eigenvalue weighted by molar-refractivity contribution is 0.0213. The van der Waals surface area contributed by atoms with Gasteiger partial charge in [0, 0.05) is 24.2 Å². The van der Waals surface area contributed by atoms with E-state index in [1.54, 1.807) is 16.2 Å². The van der Waals surface area contributed by atoms with Crippen molar-refractivity contribution in [3.63, 3.8) is 0 Å². The summed E-state index contributed by atoms with van der Waals surface area (Å²) in [5.74, 6) is 2.81. The third kappa shape index (κ3) is 12.0. The number of likely N-dealkylation sites (tertiary alicyclic amines) is 2. The van der Waals surface area contributed by atoms with Gasteiger partial charge in [0.2, 0.25) is 0 Å². The summed E-state index contributed by atoms with van der Waals surface area (Å²) in [4.78, 5) is 39.7. The van der Waals surface area contributed by atoms with Crippen molar-refractivity contribution in [1.29, 1.82) is 0 Å². The van der Waals surface area contributed by atoms with Gasteiger partial charge in [-0.15, -0.1) is 41.1 Å². The van der Waals surface area contributed by atoms with Gasteiger partial charge < -0.3 is 9.47 Å². The smallest absolute Gasteiger partial charge is 0.410 e. The van der Waals surface area contributed by atoms with Crippen LogP contribution in [0.15, 0.2) is 88.7 Å². The van der Waals surface area contributed by atoms with E-state index >= 15 is 0 Å². The number of ether oxygens (including phenoxy) is 2. The van der Waals surface area contributed by atoms with Gasteiger partial charge >= 0.3 is 12.2 Å². The van der Waals surface area contributed by atoms with Gasteiger partial charge in [0.05, 0.1) is 27.3 Å². The number of nitrogens with zero attached hydrogens (tertiary/aromatic N) is 4. The molecule has 2 saturated heterocycles. The van der Waals surface area contributed by atoms with Crippen LogP contribution in [0.5, 0.6) is 0 Å². The van der Waals surface area contributed by atoms with E-state index in [2.05, 4.69) is 102 Å². The van der Waals surface area contributed by atoms with E-state index in [-0.39, 0.29) is 24.3 Å². The first-order valence-electron chi connectivity index (χ1n) is 21.3. The zero-order valence-electron chi connectivity index (χ0n) is 37.8. The van der Waals surface area contributed by atoms with Crippen LogP contribution in [0.25, 0.3) is 44.1 Å². The van der Waals surface area contributed by atoms with E-state index in [9.17, 15) is 9.59 Å². The standard InChI is InChI=1S/C24H24N2O2S.C22H23BrN2O2S.C5H10Si/c1-5-20-21(18-13-8-11-16-10-6-7-12-17(16)18)25-22(29-20)19-14-9-15-26(19)23(27)28-24(2,3)4;1-22(2,3)27-21(26)25-13-7-12-17(25)20-24-18(19(23)28-20)16-11-6-9-14-8-4-5-10-15(14)16;1-5-6(2,3)4/h1,6-8,10-13,19H,9,14-15H2,2-4H3;4-6,8-11,17H,7,12-13H2,1-3H3;1H,2-4H3. The second kappa shape index (κ2) is 19.8. The predicted molar refractivity (Wildman–Crippen MR) is 268 cm³/mol. The normalized spacial score (nSPS) is 16.4. The average molecular weight is 962 g/mol. The minimum atomic E-state index is -1.10. The van der Waals surface area contributed by atoms with Crippen molar-refractivity contribution in [2.75, 3.05) is 13.1 Å². The molecule has 0 spiro atoms. The molecule has 2 unspecified atom stereocenters. The number of benzene rings is 4. The van der Waals surface area contributed by atoms with Gasteiger partial charge in [0.15, 0.2) is 0 Å². The van der Waals surface area contributed by atoms with Crippen LogP contribution in [-0.2, 0) is 9.47 Å². The number of aromatic nitrogens is 2. The Balaban J connectivity index is 0.000000186. The first-order valence-corrected chi connectivity index (χ1v) is 27.3. The SMILES string of the molecule is C#C[Si](C)(C)C.C#Cc1sc(C2CCCN2C(=O)OC(C)(C)C)nc1-c1cccc2ccccc12.CC(C)(C)OC(=O)N1CCCC1c1nc(-c2cccc3ccccc23)c(Br)s1. The number of amides is 2. The van der Waals surface area contributed by atoms with Gasteiger partial charge in [-0.3, -0.25) is 9.80 Å². The van der Waals surface area contributed by atoms with E-state index in [1.165, 1.54) is 22.1 Å². The minimum absolute atomic E-state index is 0.0279. The topological polar surface area (TPSA) is 84.9 Å². The highest BCUT2D eigenvalue weighted by Gasteiger charge is 2.37. The zero-order valence-corrected chi connectivity index (χ0v) is 42.0. The third-order valence-corrected chi connectivity index (χ3v) is 14.0. The third-order valence-electron chi connectivity index (χ3n) is 10.2. The molecule has 2 aliphatic rings. The summed E-state index contributed by atoms with van der Waals surface area (Å²) in [6, 6.07) is 28.9. The number of rotatable bonds is 4. The van der Waals surface area contributed by atoms with Crippen molar-refractivity contribution in [3.8, 4) is 46.8 Å². The Bertz CT molecular complexity index is 2670. The Morgan fingerprint density at radius 2 is 1.10 bits per heavy atom. The van der Waals surface area contributed by atoms with E-state index in [1.807, 2.05) is 76.8 Å². The molecule has 2 amide bonds. The van der Waals surface area contributed by atoms with Crippen LogP contribution in [-0.4, -0.2) is 64.3 Å². The molecule has 2 fully saturated rings. The number of thiazole rings is 2. The van der Waals surface area contributed by atoms with Crippen LogP contribution < -0.4 is 0 Å². The summed E-state index contributed by atoms with van der Waals surface area (Å²) in [5, 5.41) is 6.48. The van der Waals surface area contributed by atoms with Crippen LogP contribution in [0, 0.1) is 24.3 Å². The highest BCUT2D eigenvalue weighted by atomic mass is 79.9. The number of terminal acetylenes is 2. The molecule has 63 heavy (non-hydrogen) atoms. The number of fused-ring (bicyclic) bond motifs is 2. The monoisotopic (exact) mass is 960 g/mol. The van der Waals surface area contributed by atoms with Crippen molar-refractivity contribution < 1.29 is 19.1 Å². The molecule has 0 radical (unpaired) electrons. The highest BCUT2D eigenvalue weighted by Crippen LogP contribution is 2.43. The van der Waals surface area contributed by atoms with Gasteiger partial charge in [0.1, 0.15) is 34.2 Å². The molecule has 2 aliphatic heterocycles. The molecule has 8 nitrogen and oxygen atoms in total. The summed E-state index contributed by atoms with van der Waals surface area (Å²) >= 11 is 6.83. The lowest BCUT2D eigenvalue weighted by Crippen LogP contribution is -2.36. The van der Waals surface area contributed by atoms with Gasteiger partial charge in [-0.2, -0.15) is 0 Å². The summed E-state index contributed by atoms with van der Waals surface area (Å²) in [7, 11) is -1.10. The molecule has 4 heterocycles. The molecule has 4 aromatic carbocycles. The molecule has 6 aromatic rings. The Labute approximate surface area is 390 Å². The Hall–Kier alpha value is -4.98. The number of hydrogen-bond donors (Lipinski definition) is 0. The van der Waals surface area contributed by atoms with Gasteiger partial charge in [0.25, 0.3) is 0 Å². The maximum Gasteiger partial charge on any atom is 0.410 e. The van der Waals surface area contributed by atoms with E-state index in [0.717, 1.165) is 77.6 Å². The molecule has 0 saturated carbocycles. The van der Waals surface area contributed by atoms with Gasteiger partial charge in [-0.1, -0.05) is 110 Å². The van der Waals surface area contributed by atoms with Crippen LogP contribution >= 0.6 is 38.6 Å². The first kappa shape index (κ1) is 47.5. The fraction of sp³-hybridized carbons (Fsp3) is 0.373. The number of hydrogen-bond acceptors (Lipinski definition) is 8. The predicted octanol–water partition coefficient (Wildman–Crippen LogP) is 14.3. The Morgan fingerprint density at radius 3 is 1.54 bits per heavy atom. The molecule has 328 valence electrons. The Morgan fingerprint density at radius 1 is 0.683 bits per heavy atom. The van der Waals surface area contributed by atoms with Gasteiger partial charge in [-0.25, -0.2) is 19.6 Å². The summed E-state index contributed by atoms with van der Waals surface area (Å²) in [6.45, 7) is 19.2. The number of carbonyl (C=O) groups is 2. The average Bonchev–Trinajstić information content (AvgIpc) is 4.06. The summed E-state index contributed by atoms with van der Waals surface area (Å²) in [6.07, 6.45) is 14.1. The summed E-state index contributed by atoms with van der Waals surface area (Å²) in [5.41, 5.74) is 5.61. The molecule has 2 atom stereocenters. The van der Waals surface area contributed by atoms with E-state index in [0.29, 0.717) is 13.1 Å². The Kier molecular flexibility index (Phi) is 14.9. The number of carbonyl (C=O) groups excluding carboxylic acids is 2. The number of halogens is 1. The molecule has 0 aliphatic carbocycles. The first-order chi connectivity index (χ1) is 29.8. The molecule has 12 heteroatoms. The quantitative estimate of drug-likeness (QED) is 0.129. The van der Waals surface area contributed by atoms with Crippen LogP contribution in [0.3, 0.4) is 0 Å². The fourth-order valence-electron chi connectivity index (χ4n) is 7.37.